The second kappa shape index (κ2) is 6.34. The van der Waals surface area contributed by atoms with Crippen molar-refractivity contribution in [2.24, 2.45) is 11.7 Å². The Morgan fingerprint density at radius 1 is 1.35 bits per heavy atom. The lowest BCUT2D eigenvalue weighted by atomic mass is 9.86. The van der Waals surface area contributed by atoms with Crippen LogP contribution in [0.3, 0.4) is 0 Å². The molecule has 0 saturated carbocycles. The van der Waals surface area contributed by atoms with Crippen LogP contribution in [0.25, 0.3) is 0 Å². The Morgan fingerprint density at radius 2 is 2.00 bits per heavy atom. The van der Waals surface area contributed by atoms with Gasteiger partial charge in [0.05, 0.1) is 0 Å². The van der Waals surface area contributed by atoms with Gasteiger partial charge in [-0.25, -0.2) is 4.39 Å². The van der Waals surface area contributed by atoms with E-state index in [1.807, 2.05) is 6.07 Å². The van der Waals surface area contributed by atoms with Gasteiger partial charge < -0.3 is 10.5 Å². The van der Waals surface area contributed by atoms with E-state index in [-0.39, 0.29) is 24.3 Å². The molecule has 1 aromatic carbocycles. The molecule has 4 heteroatoms. The fourth-order valence-electron chi connectivity index (χ4n) is 2.31. The first-order chi connectivity index (χ1) is 7.70. The van der Waals surface area contributed by atoms with Crippen LogP contribution >= 0.6 is 12.4 Å². The molecule has 0 bridgehead atoms. The van der Waals surface area contributed by atoms with Gasteiger partial charge >= 0.3 is 0 Å². The molecule has 2 N–H and O–H groups in total. The highest BCUT2D eigenvalue weighted by atomic mass is 35.5. The molecule has 0 unspecified atom stereocenters. The molecule has 1 saturated heterocycles. The number of ether oxygens (including phenoxy) is 1. The quantitative estimate of drug-likeness (QED) is 0.886. The van der Waals surface area contributed by atoms with Gasteiger partial charge in [0.15, 0.2) is 0 Å². The summed E-state index contributed by atoms with van der Waals surface area (Å²) in [5.41, 5.74) is 7.84. The van der Waals surface area contributed by atoms with Crippen LogP contribution in [0.15, 0.2) is 18.2 Å². The van der Waals surface area contributed by atoms with Crippen molar-refractivity contribution in [2.75, 3.05) is 13.2 Å². The maximum absolute atomic E-state index is 13.4. The molecule has 96 valence electrons. The van der Waals surface area contributed by atoms with Crippen molar-refractivity contribution in [1.82, 2.24) is 0 Å². The van der Waals surface area contributed by atoms with E-state index in [4.69, 9.17) is 10.5 Å². The molecule has 1 aliphatic rings. The molecule has 2 nitrogen and oxygen atoms in total. The molecule has 1 fully saturated rings. The molecule has 0 radical (unpaired) electrons. The van der Waals surface area contributed by atoms with Gasteiger partial charge in [-0.15, -0.1) is 12.4 Å². The first-order valence-electron chi connectivity index (χ1n) is 5.78. The van der Waals surface area contributed by atoms with Gasteiger partial charge in [0.2, 0.25) is 0 Å². The highest BCUT2D eigenvalue weighted by molar-refractivity contribution is 5.85. The van der Waals surface area contributed by atoms with Crippen LogP contribution in [0.1, 0.15) is 30.0 Å². The molecule has 1 aromatic rings. The molecule has 0 spiro atoms. The molecule has 17 heavy (non-hydrogen) atoms. The summed E-state index contributed by atoms with van der Waals surface area (Å²) in [6.45, 7) is 3.34. The molecule has 1 heterocycles. The summed E-state index contributed by atoms with van der Waals surface area (Å²) in [7, 11) is 0. The fourth-order valence-corrected chi connectivity index (χ4v) is 2.31. The molecule has 0 amide bonds. The van der Waals surface area contributed by atoms with Gasteiger partial charge in [0.25, 0.3) is 0 Å². The summed E-state index contributed by atoms with van der Waals surface area (Å²) < 4.78 is 18.7. The van der Waals surface area contributed by atoms with Gasteiger partial charge in [-0.2, -0.15) is 0 Å². The zero-order valence-corrected chi connectivity index (χ0v) is 10.8. The Morgan fingerprint density at radius 3 is 2.65 bits per heavy atom. The van der Waals surface area contributed by atoms with E-state index in [0.717, 1.165) is 31.6 Å². The predicted octanol–water partition coefficient (Wildman–Crippen LogP) is 2.98. The minimum absolute atomic E-state index is 0. The van der Waals surface area contributed by atoms with E-state index < -0.39 is 0 Å². The maximum atomic E-state index is 13.4. The van der Waals surface area contributed by atoms with Crippen LogP contribution in [0.2, 0.25) is 0 Å². The van der Waals surface area contributed by atoms with Crippen molar-refractivity contribution >= 4 is 12.4 Å². The minimum atomic E-state index is -0.167. The van der Waals surface area contributed by atoms with E-state index in [2.05, 4.69) is 0 Å². The molecule has 1 aliphatic heterocycles. The first kappa shape index (κ1) is 14.4. The van der Waals surface area contributed by atoms with Gasteiger partial charge in [0.1, 0.15) is 5.82 Å². The fraction of sp³-hybridized carbons (Fsp3) is 0.538. The smallest absolute Gasteiger partial charge is 0.126 e. The van der Waals surface area contributed by atoms with Crippen molar-refractivity contribution in [3.8, 4) is 0 Å². The predicted molar refractivity (Wildman–Crippen MR) is 68.9 cm³/mol. The average Bonchev–Trinajstić information content (AvgIpc) is 2.33. The van der Waals surface area contributed by atoms with Crippen LogP contribution in [0, 0.1) is 18.7 Å². The highest BCUT2D eigenvalue weighted by Crippen LogP contribution is 2.30. The zero-order valence-electron chi connectivity index (χ0n) is 9.99. The number of hydrogen-bond donors (Lipinski definition) is 1. The van der Waals surface area contributed by atoms with Crippen LogP contribution in [0.4, 0.5) is 4.39 Å². The van der Waals surface area contributed by atoms with Crippen LogP contribution < -0.4 is 5.73 Å². The monoisotopic (exact) mass is 259 g/mol. The van der Waals surface area contributed by atoms with Crippen LogP contribution in [0.5, 0.6) is 0 Å². The third-order valence-electron chi connectivity index (χ3n) is 3.44. The third kappa shape index (κ3) is 3.18. The molecule has 2 rings (SSSR count). The molecular formula is C13H19ClFNO. The lowest BCUT2D eigenvalue weighted by molar-refractivity contribution is 0.0583. The van der Waals surface area contributed by atoms with E-state index in [0.29, 0.717) is 11.5 Å². The van der Waals surface area contributed by atoms with E-state index in [1.54, 1.807) is 13.0 Å². The van der Waals surface area contributed by atoms with Crippen molar-refractivity contribution in [3.05, 3.63) is 35.1 Å². The Labute approximate surface area is 108 Å². The Hall–Kier alpha value is -0.640. The maximum Gasteiger partial charge on any atom is 0.126 e. The van der Waals surface area contributed by atoms with Gasteiger partial charge in [-0.1, -0.05) is 12.1 Å². The summed E-state index contributed by atoms with van der Waals surface area (Å²) in [5.74, 6) is 0.245. The number of hydrogen-bond acceptors (Lipinski definition) is 2. The topological polar surface area (TPSA) is 35.2 Å². The zero-order chi connectivity index (χ0) is 11.5. The number of halogens is 2. The van der Waals surface area contributed by atoms with Crippen molar-refractivity contribution < 1.29 is 9.13 Å². The van der Waals surface area contributed by atoms with Crippen molar-refractivity contribution in [1.29, 1.82) is 0 Å². The summed E-state index contributed by atoms with van der Waals surface area (Å²) in [6, 6.07) is 5.07. The second-order valence-corrected chi connectivity index (χ2v) is 4.43. The lowest BCUT2D eigenvalue weighted by Crippen LogP contribution is -2.28. The average molecular weight is 260 g/mol. The Kier molecular flexibility index (Phi) is 5.37. The van der Waals surface area contributed by atoms with Gasteiger partial charge in [-0.05, 0) is 42.9 Å². The van der Waals surface area contributed by atoms with Crippen molar-refractivity contribution in [2.45, 2.75) is 25.8 Å². The molecule has 0 aliphatic carbocycles. The summed E-state index contributed by atoms with van der Waals surface area (Å²) in [4.78, 5) is 0. The number of rotatable bonds is 2. The number of benzene rings is 1. The second-order valence-electron chi connectivity index (χ2n) is 4.43. The molecule has 1 atom stereocenters. The summed E-state index contributed by atoms with van der Waals surface area (Å²) in [6.07, 6.45) is 1.94. The van der Waals surface area contributed by atoms with E-state index in [9.17, 15) is 4.39 Å². The molecule has 0 aromatic heterocycles. The van der Waals surface area contributed by atoms with Crippen LogP contribution in [-0.2, 0) is 4.74 Å². The lowest BCUT2D eigenvalue weighted by Gasteiger charge is -2.28. The molecular weight excluding hydrogens is 241 g/mol. The SMILES string of the molecule is Cc1c(F)cccc1[C@@H](N)C1CCOCC1.Cl. The summed E-state index contributed by atoms with van der Waals surface area (Å²) in [5, 5.41) is 0. The van der Waals surface area contributed by atoms with Gasteiger partial charge in [0, 0.05) is 19.3 Å². The van der Waals surface area contributed by atoms with Gasteiger partial charge in [-0.3, -0.25) is 0 Å². The Bertz CT molecular complexity index is 366. The largest absolute Gasteiger partial charge is 0.381 e. The van der Waals surface area contributed by atoms with Crippen LogP contribution in [-0.4, -0.2) is 13.2 Å². The van der Waals surface area contributed by atoms with E-state index in [1.165, 1.54) is 6.07 Å². The first-order valence-corrected chi connectivity index (χ1v) is 5.78. The third-order valence-corrected chi connectivity index (χ3v) is 3.44. The van der Waals surface area contributed by atoms with Crippen molar-refractivity contribution in [3.63, 3.8) is 0 Å². The highest BCUT2D eigenvalue weighted by Gasteiger charge is 2.23. The summed E-state index contributed by atoms with van der Waals surface area (Å²) >= 11 is 0. The normalized spacial score (nSPS) is 18.5. The number of nitrogens with two attached hydrogens (primary N) is 1. The minimum Gasteiger partial charge on any atom is -0.381 e. The van der Waals surface area contributed by atoms with E-state index >= 15 is 0 Å². The standard InChI is InChI=1S/C13H18FNO.ClH/c1-9-11(3-2-4-12(9)14)13(15)10-5-7-16-8-6-10;/h2-4,10,13H,5-8,15H2,1H3;1H/t13-;/m0./s1. The Balaban J connectivity index is 0.00000144.